The SMILES string of the molecule is CCCCN1CC1c1ccccc1. The Kier molecular flexibility index (Phi) is 2.65. The molecule has 0 radical (unpaired) electrons. The Morgan fingerprint density at radius 3 is 2.77 bits per heavy atom. The molecular formula is C12H17N. The van der Waals surface area contributed by atoms with Crippen LogP contribution in [0, 0.1) is 0 Å². The van der Waals surface area contributed by atoms with Gasteiger partial charge in [-0.1, -0.05) is 43.7 Å². The molecule has 70 valence electrons. The summed E-state index contributed by atoms with van der Waals surface area (Å²) in [4.78, 5) is 2.54. The van der Waals surface area contributed by atoms with Crippen LogP contribution in [-0.4, -0.2) is 18.0 Å². The minimum atomic E-state index is 0.729. The fourth-order valence-corrected chi connectivity index (χ4v) is 1.77. The smallest absolute Gasteiger partial charge is 0.0476 e. The summed E-state index contributed by atoms with van der Waals surface area (Å²) in [6.07, 6.45) is 2.64. The number of hydrogen-bond acceptors (Lipinski definition) is 1. The van der Waals surface area contributed by atoms with Gasteiger partial charge >= 0.3 is 0 Å². The van der Waals surface area contributed by atoms with Gasteiger partial charge in [0.1, 0.15) is 0 Å². The van der Waals surface area contributed by atoms with Gasteiger partial charge in [-0.2, -0.15) is 0 Å². The molecule has 1 aliphatic heterocycles. The van der Waals surface area contributed by atoms with Crippen LogP contribution in [0.4, 0.5) is 0 Å². The lowest BCUT2D eigenvalue weighted by molar-refractivity contribution is 0.492. The first-order valence-corrected chi connectivity index (χ1v) is 5.21. The lowest BCUT2D eigenvalue weighted by Gasteiger charge is -2.01. The van der Waals surface area contributed by atoms with Gasteiger partial charge < -0.3 is 0 Å². The van der Waals surface area contributed by atoms with Crippen LogP contribution in [0.15, 0.2) is 30.3 Å². The maximum absolute atomic E-state index is 2.54. The van der Waals surface area contributed by atoms with Gasteiger partial charge in [0.15, 0.2) is 0 Å². The van der Waals surface area contributed by atoms with Gasteiger partial charge in [0, 0.05) is 12.6 Å². The monoisotopic (exact) mass is 175 g/mol. The summed E-state index contributed by atoms with van der Waals surface area (Å²) in [6.45, 7) is 4.79. The number of nitrogens with zero attached hydrogens (tertiary/aromatic N) is 1. The molecule has 1 aromatic carbocycles. The van der Waals surface area contributed by atoms with E-state index in [1.165, 1.54) is 31.5 Å². The zero-order chi connectivity index (χ0) is 9.10. The van der Waals surface area contributed by atoms with E-state index < -0.39 is 0 Å². The molecule has 0 aromatic heterocycles. The van der Waals surface area contributed by atoms with Crippen molar-refractivity contribution in [2.24, 2.45) is 0 Å². The molecule has 2 atom stereocenters. The van der Waals surface area contributed by atoms with Gasteiger partial charge in [0.2, 0.25) is 0 Å². The normalized spacial score (nSPS) is 25.9. The Bertz CT molecular complexity index is 255. The Hall–Kier alpha value is -0.820. The van der Waals surface area contributed by atoms with E-state index in [0.717, 1.165) is 6.04 Å². The van der Waals surface area contributed by atoms with E-state index in [0.29, 0.717) is 0 Å². The highest BCUT2D eigenvalue weighted by molar-refractivity contribution is 5.23. The Labute approximate surface area is 80.4 Å². The van der Waals surface area contributed by atoms with E-state index in [1.54, 1.807) is 0 Å². The van der Waals surface area contributed by atoms with Crippen LogP contribution in [0.1, 0.15) is 31.4 Å². The molecule has 0 spiro atoms. The predicted octanol–water partition coefficient (Wildman–Crippen LogP) is 2.84. The molecular weight excluding hydrogens is 158 g/mol. The summed E-state index contributed by atoms with van der Waals surface area (Å²) < 4.78 is 0. The molecule has 1 nitrogen and oxygen atoms in total. The van der Waals surface area contributed by atoms with Crippen molar-refractivity contribution >= 4 is 0 Å². The van der Waals surface area contributed by atoms with Crippen molar-refractivity contribution in [3.63, 3.8) is 0 Å². The molecule has 13 heavy (non-hydrogen) atoms. The molecule has 0 N–H and O–H groups in total. The Morgan fingerprint density at radius 1 is 1.31 bits per heavy atom. The summed E-state index contributed by atoms with van der Waals surface area (Å²) in [5.41, 5.74) is 1.48. The Balaban J connectivity index is 1.86. The van der Waals surface area contributed by atoms with Gasteiger partial charge in [-0.3, -0.25) is 4.90 Å². The third kappa shape index (κ3) is 2.10. The summed E-state index contributed by atoms with van der Waals surface area (Å²) in [6, 6.07) is 11.5. The van der Waals surface area contributed by atoms with Crippen molar-refractivity contribution in [1.29, 1.82) is 0 Å². The zero-order valence-electron chi connectivity index (χ0n) is 8.24. The van der Waals surface area contributed by atoms with Crippen LogP contribution in [0.2, 0.25) is 0 Å². The van der Waals surface area contributed by atoms with Crippen LogP contribution in [0.3, 0.4) is 0 Å². The van der Waals surface area contributed by atoms with Crippen molar-refractivity contribution in [2.75, 3.05) is 13.1 Å². The Morgan fingerprint density at radius 2 is 2.08 bits per heavy atom. The molecule has 0 saturated carbocycles. The van der Waals surface area contributed by atoms with Gasteiger partial charge in [-0.05, 0) is 18.5 Å². The lowest BCUT2D eigenvalue weighted by atomic mass is 10.2. The molecule has 0 aliphatic carbocycles. The molecule has 1 aromatic rings. The van der Waals surface area contributed by atoms with Crippen molar-refractivity contribution in [3.05, 3.63) is 35.9 Å². The second kappa shape index (κ2) is 3.93. The maximum Gasteiger partial charge on any atom is 0.0476 e. The van der Waals surface area contributed by atoms with E-state index >= 15 is 0 Å². The van der Waals surface area contributed by atoms with E-state index in [9.17, 15) is 0 Å². The minimum Gasteiger partial charge on any atom is -0.293 e. The first-order valence-electron chi connectivity index (χ1n) is 5.21. The average molecular weight is 175 g/mol. The van der Waals surface area contributed by atoms with Crippen molar-refractivity contribution in [3.8, 4) is 0 Å². The lowest BCUT2D eigenvalue weighted by Crippen LogP contribution is -1.99. The first-order chi connectivity index (χ1) is 6.42. The average Bonchev–Trinajstić information content (AvgIpc) is 2.95. The summed E-state index contributed by atoms with van der Waals surface area (Å²) >= 11 is 0. The molecule has 0 bridgehead atoms. The van der Waals surface area contributed by atoms with Crippen molar-refractivity contribution < 1.29 is 0 Å². The van der Waals surface area contributed by atoms with E-state index in [-0.39, 0.29) is 0 Å². The van der Waals surface area contributed by atoms with E-state index in [4.69, 9.17) is 0 Å². The largest absolute Gasteiger partial charge is 0.293 e. The number of rotatable bonds is 4. The third-order valence-electron chi connectivity index (χ3n) is 2.70. The molecule has 1 heteroatoms. The van der Waals surface area contributed by atoms with Crippen molar-refractivity contribution in [2.45, 2.75) is 25.8 Å². The van der Waals surface area contributed by atoms with Crippen LogP contribution in [0.5, 0.6) is 0 Å². The quantitative estimate of drug-likeness (QED) is 0.636. The second-order valence-electron chi connectivity index (χ2n) is 3.77. The van der Waals surface area contributed by atoms with Gasteiger partial charge in [0.05, 0.1) is 0 Å². The van der Waals surface area contributed by atoms with Gasteiger partial charge in [0.25, 0.3) is 0 Å². The highest BCUT2D eigenvalue weighted by Gasteiger charge is 2.33. The topological polar surface area (TPSA) is 3.01 Å². The highest BCUT2D eigenvalue weighted by atomic mass is 15.3. The second-order valence-corrected chi connectivity index (χ2v) is 3.77. The minimum absolute atomic E-state index is 0.729. The molecule has 2 unspecified atom stereocenters. The molecule has 1 aliphatic rings. The zero-order valence-corrected chi connectivity index (χ0v) is 8.24. The van der Waals surface area contributed by atoms with E-state index in [2.05, 4.69) is 42.2 Å². The number of benzene rings is 1. The molecule has 0 amide bonds. The summed E-state index contributed by atoms with van der Waals surface area (Å²) in [5.74, 6) is 0. The molecule has 1 heterocycles. The van der Waals surface area contributed by atoms with Crippen LogP contribution < -0.4 is 0 Å². The number of hydrogen-bond donors (Lipinski definition) is 0. The highest BCUT2D eigenvalue weighted by Crippen LogP contribution is 2.34. The molecule has 1 saturated heterocycles. The van der Waals surface area contributed by atoms with Crippen LogP contribution in [0.25, 0.3) is 0 Å². The number of unbranched alkanes of at least 4 members (excludes halogenated alkanes) is 1. The first kappa shape index (κ1) is 8.76. The summed E-state index contributed by atoms with van der Waals surface area (Å²) in [7, 11) is 0. The van der Waals surface area contributed by atoms with Gasteiger partial charge in [-0.25, -0.2) is 0 Å². The van der Waals surface area contributed by atoms with E-state index in [1.807, 2.05) is 0 Å². The maximum atomic E-state index is 2.54. The van der Waals surface area contributed by atoms with Gasteiger partial charge in [-0.15, -0.1) is 0 Å². The molecule has 2 rings (SSSR count). The van der Waals surface area contributed by atoms with Crippen LogP contribution >= 0.6 is 0 Å². The van der Waals surface area contributed by atoms with Crippen LogP contribution in [-0.2, 0) is 0 Å². The standard InChI is InChI=1S/C12H17N/c1-2-3-9-13-10-12(13)11-7-5-4-6-8-11/h4-8,12H,2-3,9-10H2,1H3. The fourth-order valence-electron chi connectivity index (χ4n) is 1.77. The predicted molar refractivity (Wildman–Crippen MR) is 55.7 cm³/mol. The fraction of sp³-hybridized carbons (Fsp3) is 0.500. The molecule has 1 fully saturated rings. The summed E-state index contributed by atoms with van der Waals surface area (Å²) in [5, 5.41) is 0. The third-order valence-corrected chi connectivity index (χ3v) is 2.70. The van der Waals surface area contributed by atoms with Crippen molar-refractivity contribution in [1.82, 2.24) is 4.90 Å².